The molecule has 0 radical (unpaired) electrons. The predicted octanol–water partition coefficient (Wildman–Crippen LogP) is 4.43. The van der Waals surface area contributed by atoms with Gasteiger partial charge >= 0.3 is 0 Å². The van der Waals surface area contributed by atoms with Crippen molar-refractivity contribution in [2.24, 2.45) is 0 Å². The summed E-state index contributed by atoms with van der Waals surface area (Å²) in [4.78, 5) is 17.9. The van der Waals surface area contributed by atoms with Crippen LogP contribution in [0.15, 0.2) is 57.5 Å². The van der Waals surface area contributed by atoms with Crippen molar-refractivity contribution in [1.29, 1.82) is 0 Å². The second-order valence-corrected chi connectivity index (χ2v) is 8.03. The zero-order valence-corrected chi connectivity index (χ0v) is 16.4. The molecule has 0 fully saturated rings. The van der Waals surface area contributed by atoms with Gasteiger partial charge in [0.2, 0.25) is 11.1 Å². The minimum Gasteiger partial charge on any atom is -0.337 e. The topological polar surface area (TPSA) is 79.8 Å². The number of hydrogen-bond donors (Lipinski definition) is 2. The molecule has 1 amide bonds. The number of aryl methyl sites for hydroxylation is 1. The number of thioether (sulfide) groups is 1. The van der Waals surface area contributed by atoms with Crippen LogP contribution in [0.1, 0.15) is 11.1 Å². The highest BCUT2D eigenvalue weighted by Crippen LogP contribution is 2.41. The smallest absolute Gasteiger partial charge is 0.234 e. The van der Waals surface area contributed by atoms with Gasteiger partial charge in [-0.3, -0.25) is 4.79 Å². The van der Waals surface area contributed by atoms with E-state index in [1.165, 1.54) is 23.5 Å². The molecular weight excluding hydrogens is 378 g/mol. The number of aromatic nitrogens is 3. The number of benzene rings is 2. The molecule has 6 nitrogen and oxygen atoms in total. The molecular formula is C19H17N5OS2. The van der Waals surface area contributed by atoms with E-state index in [-0.39, 0.29) is 11.7 Å². The molecule has 136 valence electrons. The van der Waals surface area contributed by atoms with Gasteiger partial charge < -0.3 is 10.6 Å². The van der Waals surface area contributed by atoms with Gasteiger partial charge in [0, 0.05) is 10.6 Å². The molecule has 2 heterocycles. The standard InChI is InChI=1S/C19H17N5OS2/c1-11-6-5-8-13(12(11)2)20-16(25)10-26-19-22-17-18(23-24-19)27-15-9-4-3-7-14(15)21-17/h3-9H,10H2,1-2H3,(H,20,25)(H,21,22,24). The Labute approximate surface area is 165 Å². The monoisotopic (exact) mass is 395 g/mol. The summed E-state index contributed by atoms with van der Waals surface area (Å²) in [7, 11) is 0. The summed E-state index contributed by atoms with van der Waals surface area (Å²) < 4.78 is 0. The van der Waals surface area contributed by atoms with Crippen LogP contribution >= 0.6 is 23.5 Å². The van der Waals surface area contributed by atoms with E-state index in [0.29, 0.717) is 11.0 Å². The van der Waals surface area contributed by atoms with Gasteiger partial charge in [-0.15, -0.1) is 10.2 Å². The molecule has 0 unspecified atom stereocenters. The first kappa shape index (κ1) is 17.8. The SMILES string of the molecule is Cc1cccc(NC(=O)CSc2nnc3c(n2)Nc2ccccc2S3)c1C. The maximum Gasteiger partial charge on any atom is 0.234 e. The van der Waals surface area contributed by atoms with Crippen molar-refractivity contribution in [3.8, 4) is 0 Å². The van der Waals surface area contributed by atoms with Crippen LogP contribution in [0.4, 0.5) is 17.2 Å². The Morgan fingerprint density at radius 2 is 2.00 bits per heavy atom. The summed E-state index contributed by atoms with van der Waals surface area (Å²) in [5, 5.41) is 15.8. The number of carbonyl (C=O) groups is 1. The van der Waals surface area contributed by atoms with Crippen molar-refractivity contribution >= 4 is 46.6 Å². The van der Waals surface area contributed by atoms with E-state index >= 15 is 0 Å². The fourth-order valence-corrected chi connectivity index (χ4v) is 4.05. The highest BCUT2D eigenvalue weighted by molar-refractivity contribution is 8.00. The van der Waals surface area contributed by atoms with Gasteiger partial charge in [0.1, 0.15) is 0 Å². The number of amides is 1. The van der Waals surface area contributed by atoms with Crippen LogP contribution in [0.2, 0.25) is 0 Å². The maximum absolute atomic E-state index is 12.3. The molecule has 0 saturated carbocycles. The molecule has 27 heavy (non-hydrogen) atoms. The second-order valence-electron chi connectivity index (χ2n) is 6.06. The minimum absolute atomic E-state index is 0.0947. The molecule has 0 spiro atoms. The van der Waals surface area contributed by atoms with Crippen LogP contribution in [-0.2, 0) is 4.79 Å². The van der Waals surface area contributed by atoms with Crippen molar-refractivity contribution in [2.75, 3.05) is 16.4 Å². The number of nitrogens with one attached hydrogen (secondary N) is 2. The Morgan fingerprint density at radius 1 is 1.15 bits per heavy atom. The molecule has 1 aliphatic heterocycles. The van der Waals surface area contributed by atoms with Crippen molar-refractivity contribution in [3.05, 3.63) is 53.6 Å². The molecule has 0 atom stereocenters. The van der Waals surface area contributed by atoms with E-state index in [1.807, 2.05) is 56.3 Å². The average Bonchev–Trinajstić information content (AvgIpc) is 2.68. The van der Waals surface area contributed by atoms with Gasteiger partial charge in [0.25, 0.3) is 0 Å². The van der Waals surface area contributed by atoms with E-state index in [0.717, 1.165) is 32.4 Å². The lowest BCUT2D eigenvalue weighted by molar-refractivity contribution is -0.113. The summed E-state index contributed by atoms with van der Waals surface area (Å²) in [6.45, 7) is 4.02. The number of carbonyl (C=O) groups excluding carboxylic acids is 1. The number of para-hydroxylation sites is 1. The van der Waals surface area contributed by atoms with E-state index in [2.05, 4.69) is 25.8 Å². The van der Waals surface area contributed by atoms with E-state index in [1.54, 1.807) is 0 Å². The Bertz CT molecular complexity index is 1020. The molecule has 4 rings (SSSR count). The van der Waals surface area contributed by atoms with Crippen LogP contribution in [0.25, 0.3) is 0 Å². The lowest BCUT2D eigenvalue weighted by Gasteiger charge is -2.18. The van der Waals surface area contributed by atoms with Gasteiger partial charge in [-0.25, -0.2) is 4.98 Å². The fraction of sp³-hybridized carbons (Fsp3) is 0.158. The maximum atomic E-state index is 12.3. The first-order valence-corrected chi connectivity index (χ1v) is 10.2. The average molecular weight is 396 g/mol. The molecule has 3 aromatic rings. The summed E-state index contributed by atoms with van der Waals surface area (Å²) >= 11 is 2.80. The van der Waals surface area contributed by atoms with Crippen molar-refractivity contribution in [2.45, 2.75) is 28.9 Å². The largest absolute Gasteiger partial charge is 0.337 e. The molecule has 0 aliphatic carbocycles. The highest BCUT2D eigenvalue weighted by atomic mass is 32.2. The lowest BCUT2D eigenvalue weighted by atomic mass is 10.1. The Morgan fingerprint density at radius 3 is 2.89 bits per heavy atom. The van der Waals surface area contributed by atoms with Gasteiger partial charge in [-0.05, 0) is 43.2 Å². The van der Waals surface area contributed by atoms with Gasteiger partial charge in [-0.1, -0.05) is 47.8 Å². The molecule has 1 aromatic heterocycles. The van der Waals surface area contributed by atoms with Crippen molar-refractivity contribution in [1.82, 2.24) is 15.2 Å². The number of rotatable bonds is 4. The third-order valence-electron chi connectivity index (χ3n) is 4.19. The zero-order valence-electron chi connectivity index (χ0n) is 14.8. The third-order valence-corrected chi connectivity index (χ3v) is 6.08. The summed E-state index contributed by atoms with van der Waals surface area (Å²) in [6.07, 6.45) is 0. The Hall–Kier alpha value is -2.58. The fourth-order valence-electron chi connectivity index (χ4n) is 2.61. The van der Waals surface area contributed by atoms with Gasteiger partial charge in [0.05, 0.1) is 11.4 Å². The number of fused-ring (bicyclic) bond motifs is 2. The summed E-state index contributed by atoms with van der Waals surface area (Å²) in [6, 6.07) is 13.8. The van der Waals surface area contributed by atoms with E-state index in [9.17, 15) is 4.79 Å². The quantitative estimate of drug-likeness (QED) is 0.495. The Kier molecular flexibility index (Phi) is 5.00. The summed E-state index contributed by atoms with van der Waals surface area (Å²) in [5.74, 6) is 0.797. The number of nitrogens with zero attached hydrogens (tertiary/aromatic N) is 3. The van der Waals surface area contributed by atoms with E-state index in [4.69, 9.17) is 0 Å². The highest BCUT2D eigenvalue weighted by Gasteiger charge is 2.19. The van der Waals surface area contributed by atoms with Gasteiger partial charge in [-0.2, -0.15) is 0 Å². The Balaban J connectivity index is 1.41. The van der Waals surface area contributed by atoms with Crippen LogP contribution in [-0.4, -0.2) is 26.8 Å². The third kappa shape index (κ3) is 3.91. The van der Waals surface area contributed by atoms with Crippen LogP contribution in [0.3, 0.4) is 0 Å². The first-order valence-electron chi connectivity index (χ1n) is 8.37. The predicted molar refractivity (Wildman–Crippen MR) is 109 cm³/mol. The number of hydrogen-bond acceptors (Lipinski definition) is 7. The molecule has 0 bridgehead atoms. The summed E-state index contributed by atoms with van der Waals surface area (Å²) in [5.41, 5.74) is 4.05. The van der Waals surface area contributed by atoms with Crippen LogP contribution < -0.4 is 10.6 Å². The second kappa shape index (κ2) is 7.58. The molecule has 8 heteroatoms. The normalized spacial score (nSPS) is 11.9. The zero-order chi connectivity index (χ0) is 18.8. The lowest BCUT2D eigenvalue weighted by Crippen LogP contribution is -2.15. The minimum atomic E-state index is -0.0947. The molecule has 0 saturated heterocycles. The van der Waals surface area contributed by atoms with Crippen molar-refractivity contribution in [3.63, 3.8) is 0 Å². The molecule has 2 N–H and O–H groups in total. The van der Waals surface area contributed by atoms with Crippen LogP contribution in [0, 0.1) is 13.8 Å². The van der Waals surface area contributed by atoms with Crippen LogP contribution in [0.5, 0.6) is 0 Å². The van der Waals surface area contributed by atoms with Crippen molar-refractivity contribution < 1.29 is 4.79 Å². The van der Waals surface area contributed by atoms with Gasteiger partial charge in [0.15, 0.2) is 10.8 Å². The van der Waals surface area contributed by atoms with E-state index < -0.39 is 0 Å². The molecule has 1 aliphatic rings. The molecule has 2 aromatic carbocycles. The number of anilines is 3. The first-order chi connectivity index (χ1) is 13.1.